The van der Waals surface area contributed by atoms with Crippen molar-refractivity contribution in [1.29, 1.82) is 0 Å². The number of nitrogens with two attached hydrogens (primary N) is 1. The molecule has 236 valence electrons. The summed E-state index contributed by atoms with van der Waals surface area (Å²) in [5.74, 6) is 3.27. The molecule has 0 spiro atoms. The van der Waals surface area contributed by atoms with Crippen LogP contribution in [-0.2, 0) is 6.54 Å². The van der Waals surface area contributed by atoms with Gasteiger partial charge in [0.15, 0.2) is 11.5 Å². The first-order valence-electron chi connectivity index (χ1n) is 14.8. The highest BCUT2D eigenvalue weighted by Crippen LogP contribution is 2.36. The lowest BCUT2D eigenvalue weighted by Gasteiger charge is -2.34. The maximum atomic E-state index is 9.96. The molecule has 4 rings (SSSR count). The molecule has 12 nitrogen and oxygen atoms in total. The van der Waals surface area contributed by atoms with Crippen LogP contribution in [0.15, 0.2) is 30.3 Å². The van der Waals surface area contributed by atoms with E-state index in [1.807, 2.05) is 12.1 Å². The van der Waals surface area contributed by atoms with E-state index in [2.05, 4.69) is 76.7 Å². The molecule has 1 aliphatic heterocycles. The minimum absolute atomic E-state index is 0.151. The van der Waals surface area contributed by atoms with Gasteiger partial charge >= 0.3 is 0 Å². The molecule has 0 radical (unpaired) electrons. The average molecular weight is 597 g/mol. The Bertz CT molecular complexity index is 1330. The van der Waals surface area contributed by atoms with Crippen LogP contribution in [0.25, 0.3) is 10.9 Å². The monoisotopic (exact) mass is 596 g/mol. The third-order valence-corrected chi connectivity index (χ3v) is 7.67. The number of ether oxygens (including phenoxy) is 3. The Kier molecular flexibility index (Phi) is 11.5. The predicted molar refractivity (Wildman–Crippen MR) is 173 cm³/mol. The molecule has 0 saturated carbocycles. The summed E-state index contributed by atoms with van der Waals surface area (Å²) in [7, 11) is 11.5. The Morgan fingerprint density at radius 2 is 1.77 bits per heavy atom. The smallest absolute Gasteiger partial charge is 0.225 e. The normalized spacial score (nSPS) is 15.0. The number of rotatable bonds is 15. The maximum absolute atomic E-state index is 9.96. The quantitative estimate of drug-likeness (QED) is 0.205. The van der Waals surface area contributed by atoms with Gasteiger partial charge in [-0.25, -0.2) is 4.98 Å². The van der Waals surface area contributed by atoms with Crippen molar-refractivity contribution in [3.8, 4) is 17.2 Å². The van der Waals surface area contributed by atoms with Gasteiger partial charge in [-0.2, -0.15) is 4.98 Å². The lowest BCUT2D eigenvalue weighted by atomic mass is 10.0. The van der Waals surface area contributed by atoms with Gasteiger partial charge in [-0.15, -0.1) is 0 Å². The lowest BCUT2D eigenvalue weighted by Crippen LogP contribution is -2.39. The highest BCUT2D eigenvalue weighted by Gasteiger charge is 2.24. The zero-order valence-corrected chi connectivity index (χ0v) is 26.4. The maximum Gasteiger partial charge on any atom is 0.225 e. The van der Waals surface area contributed by atoms with E-state index < -0.39 is 6.10 Å². The number of hydrogen-bond acceptors (Lipinski definition) is 12. The number of aliphatic hydroxyl groups excluding tert-OH is 1. The second-order valence-electron chi connectivity index (χ2n) is 11.4. The molecule has 12 heteroatoms. The molecule has 1 aromatic heterocycles. The van der Waals surface area contributed by atoms with E-state index in [9.17, 15) is 5.11 Å². The lowest BCUT2D eigenvalue weighted by molar-refractivity contribution is 0.196. The molecule has 3 aromatic rings. The van der Waals surface area contributed by atoms with E-state index in [-0.39, 0.29) is 19.1 Å². The summed E-state index contributed by atoms with van der Waals surface area (Å²) in [4.78, 5) is 16.2. The van der Waals surface area contributed by atoms with Crippen LogP contribution in [0.4, 0.5) is 17.5 Å². The number of methoxy groups -OCH3 is 2. The van der Waals surface area contributed by atoms with Gasteiger partial charge in [0.1, 0.15) is 18.2 Å². The standard InChI is InChI=1S/C31H48N8O4/c1-37(2)14-15-43-27-9-7-8-26(38(3)4)24(27)20-39-12-10-21(11-13-39)34-30-23-16-28(41-5)29(42-6)17-25(23)35-31(36-30)33-19-22(40)18-32/h7-9,16-17,21-22,40H,10-15,18-20,32H2,1-6H3,(H2,33,34,35,36). The second-order valence-corrected chi connectivity index (χ2v) is 11.4. The molecule has 0 bridgehead atoms. The van der Waals surface area contributed by atoms with Gasteiger partial charge in [-0.1, -0.05) is 6.07 Å². The Labute approximate surface area is 255 Å². The van der Waals surface area contributed by atoms with Gasteiger partial charge < -0.3 is 45.5 Å². The van der Waals surface area contributed by atoms with E-state index in [0.29, 0.717) is 35.4 Å². The van der Waals surface area contributed by atoms with Crippen LogP contribution in [0.5, 0.6) is 17.2 Å². The molecule has 1 unspecified atom stereocenters. The van der Waals surface area contributed by atoms with E-state index in [1.54, 1.807) is 14.2 Å². The molecule has 1 saturated heterocycles. The van der Waals surface area contributed by atoms with Crippen molar-refractivity contribution in [3.05, 3.63) is 35.9 Å². The van der Waals surface area contributed by atoms with E-state index in [4.69, 9.17) is 24.9 Å². The number of likely N-dealkylation sites (tertiary alicyclic amines) is 1. The molecular weight excluding hydrogens is 548 g/mol. The second kappa shape index (κ2) is 15.2. The van der Waals surface area contributed by atoms with Crippen LogP contribution >= 0.6 is 0 Å². The van der Waals surface area contributed by atoms with Crippen LogP contribution in [-0.4, -0.2) is 119 Å². The number of anilines is 3. The van der Waals surface area contributed by atoms with Crippen molar-refractivity contribution in [3.63, 3.8) is 0 Å². The van der Waals surface area contributed by atoms with Crippen molar-refractivity contribution >= 4 is 28.4 Å². The molecule has 1 aliphatic rings. The van der Waals surface area contributed by atoms with Gasteiger partial charge in [-0.3, -0.25) is 4.90 Å². The highest BCUT2D eigenvalue weighted by molar-refractivity contribution is 5.92. The minimum atomic E-state index is -0.693. The summed E-state index contributed by atoms with van der Waals surface area (Å²) >= 11 is 0. The molecule has 43 heavy (non-hydrogen) atoms. The summed E-state index contributed by atoms with van der Waals surface area (Å²) in [6.07, 6.45) is 1.21. The summed E-state index contributed by atoms with van der Waals surface area (Å²) in [5.41, 5.74) is 8.69. The third-order valence-electron chi connectivity index (χ3n) is 7.67. The van der Waals surface area contributed by atoms with Crippen molar-refractivity contribution < 1.29 is 19.3 Å². The molecule has 0 amide bonds. The van der Waals surface area contributed by atoms with Gasteiger partial charge in [0.25, 0.3) is 0 Å². The van der Waals surface area contributed by atoms with Crippen LogP contribution in [0, 0.1) is 0 Å². The Morgan fingerprint density at radius 3 is 2.42 bits per heavy atom. The van der Waals surface area contributed by atoms with Gasteiger partial charge in [0.05, 0.1) is 25.8 Å². The Hall–Kier alpha value is -3.58. The summed E-state index contributed by atoms with van der Waals surface area (Å²) < 4.78 is 17.3. The molecule has 0 aliphatic carbocycles. The molecule has 5 N–H and O–H groups in total. The molecule has 1 fully saturated rings. The van der Waals surface area contributed by atoms with Crippen LogP contribution in [0.2, 0.25) is 0 Å². The van der Waals surface area contributed by atoms with Crippen molar-refractivity contribution in [2.75, 3.05) is 97.3 Å². The Balaban J connectivity index is 1.50. The van der Waals surface area contributed by atoms with Crippen LogP contribution in [0.1, 0.15) is 18.4 Å². The largest absolute Gasteiger partial charge is 0.493 e. The van der Waals surface area contributed by atoms with Gasteiger partial charge in [0, 0.05) is 82.1 Å². The first-order chi connectivity index (χ1) is 20.7. The number of hydrogen-bond donors (Lipinski definition) is 4. The summed E-state index contributed by atoms with van der Waals surface area (Å²) in [5, 5.41) is 17.6. The van der Waals surface area contributed by atoms with Crippen LogP contribution < -0.4 is 35.5 Å². The topological polar surface area (TPSA) is 133 Å². The predicted octanol–water partition coefficient (Wildman–Crippen LogP) is 2.46. The zero-order valence-electron chi connectivity index (χ0n) is 26.4. The van der Waals surface area contributed by atoms with Crippen LogP contribution in [0.3, 0.4) is 0 Å². The number of piperidine rings is 1. The minimum Gasteiger partial charge on any atom is -0.493 e. The highest BCUT2D eigenvalue weighted by atomic mass is 16.5. The zero-order chi connectivity index (χ0) is 30.9. The van der Waals surface area contributed by atoms with Crippen molar-refractivity contribution in [2.24, 2.45) is 5.73 Å². The van der Waals surface area contributed by atoms with Gasteiger partial charge in [0.2, 0.25) is 5.95 Å². The molecule has 2 aromatic carbocycles. The fraction of sp³-hybridized carbons (Fsp3) is 0.548. The number of nitrogens with zero attached hydrogens (tertiary/aromatic N) is 5. The molecule has 2 heterocycles. The summed E-state index contributed by atoms with van der Waals surface area (Å²) in [6, 6.07) is 10.3. The number of aromatic nitrogens is 2. The Morgan fingerprint density at radius 1 is 1.05 bits per heavy atom. The van der Waals surface area contributed by atoms with Crippen molar-refractivity contribution in [2.45, 2.75) is 31.5 Å². The molecular formula is C31H48N8O4. The average Bonchev–Trinajstić information content (AvgIpc) is 3.00. The van der Waals surface area contributed by atoms with Gasteiger partial charge in [-0.05, 0) is 45.1 Å². The summed E-state index contributed by atoms with van der Waals surface area (Å²) in [6.45, 7) is 4.61. The number of nitrogens with one attached hydrogen (secondary N) is 2. The number of likely N-dealkylation sites (N-methyl/N-ethyl adjacent to an activating group) is 1. The third kappa shape index (κ3) is 8.50. The van der Waals surface area contributed by atoms with E-state index in [1.165, 1.54) is 11.3 Å². The van der Waals surface area contributed by atoms with E-state index in [0.717, 1.165) is 50.2 Å². The number of fused-ring (bicyclic) bond motifs is 1. The van der Waals surface area contributed by atoms with E-state index >= 15 is 0 Å². The fourth-order valence-electron chi connectivity index (χ4n) is 5.19. The first-order valence-corrected chi connectivity index (χ1v) is 14.8. The number of aliphatic hydroxyl groups is 1. The number of benzene rings is 2. The van der Waals surface area contributed by atoms with Crippen molar-refractivity contribution in [1.82, 2.24) is 19.8 Å². The fourth-order valence-corrected chi connectivity index (χ4v) is 5.19. The SMILES string of the molecule is COc1cc2nc(NCC(O)CN)nc(NC3CCN(Cc4c(OCCN(C)C)cccc4N(C)C)CC3)c2cc1OC. The first kappa shape index (κ1) is 32.3. The molecule has 1 atom stereocenters.